The van der Waals surface area contributed by atoms with Crippen molar-refractivity contribution in [3.63, 3.8) is 0 Å². The van der Waals surface area contributed by atoms with E-state index < -0.39 is 22.4 Å². The van der Waals surface area contributed by atoms with E-state index >= 15 is 0 Å². The van der Waals surface area contributed by atoms with E-state index in [9.17, 15) is 19.7 Å². The Kier molecular flexibility index (Phi) is 1.99. The van der Waals surface area contributed by atoms with Gasteiger partial charge in [0.25, 0.3) is 17.5 Å². The number of hydroxylamine groups is 2. The molecular weight excluding hydrogens is 216 g/mol. The summed E-state index contributed by atoms with van der Waals surface area (Å²) in [7, 11) is 0. The third kappa shape index (κ3) is 1.12. The lowest BCUT2D eigenvalue weighted by Crippen LogP contribution is -2.25. The third-order valence-electron chi connectivity index (χ3n) is 2.39. The first-order valence-corrected chi connectivity index (χ1v) is 4.30. The van der Waals surface area contributed by atoms with E-state index in [1.54, 1.807) is 0 Å². The maximum atomic E-state index is 11.4. The van der Waals surface area contributed by atoms with E-state index in [0.29, 0.717) is 0 Å². The van der Waals surface area contributed by atoms with Crippen LogP contribution < -0.4 is 0 Å². The lowest BCUT2D eigenvalue weighted by atomic mass is 10.0. The first kappa shape index (κ1) is 10.2. The van der Waals surface area contributed by atoms with Crippen molar-refractivity contribution in [1.29, 1.82) is 0 Å². The fourth-order valence-corrected chi connectivity index (χ4v) is 1.64. The van der Waals surface area contributed by atoms with Gasteiger partial charge in [-0.1, -0.05) is 6.07 Å². The standard InChI is InChI=1S/C9H6N2O5/c1-4-2-3-5-6(7(4)11(15)16)9(13)10(14)8(5)12/h2-3,14H,1H3. The molecule has 1 aromatic rings. The predicted molar refractivity (Wildman–Crippen MR) is 50.1 cm³/mol. The predicted octanol–water partition coefficient (Wildman–Crippen LogP) is 0.888. The summed E-state index contributed by atoms with van der Waals surface area (Å²) in [6, 6.07) is 2.65. The van der Waals surface area contributed by atoms with Gasteiger partial charge in [0.15, 0.2) is 0 Å². The summed E-state index contributed by atoms with van der Waals surface area (Å²) < 4.78 is 0. The van der Waals surface area contributed by atoms with Crippen LogP contribution in [0.25, 0.3) is 0 Å². The van der Waals surface area contributed by atoms with Crippen molar-refractivity contribution in [3.05, 3.63) is 38.9 Å². The maximum absolute atomic E-state index is 11.4. The Bertz CT molecular complexity index is 537. The quantitative estimate of drug-likeness (QED) is 0.329. The van der Waals surface area contributed by atoms with Gasteiger partial charge in [-0.3, -0.25) is 24.9 Å². The summed E-state index contributed by atoms with van der Waals surface area (Å²) >= 11 is 0. The SMILES string of the molecule is Cc1ccc2c(c1[N+](=O)[O-])C(=O)N(O)C2=O. The largest absolute Gasteiger partial charge is 0.292 e. The van der Waals surface area contributed by atoms with E-state index in [1.165, 1.54) is 19.1 Å². The normalized spacial score (nSPS) is 14.2. The molecule has 0 atom stereocenters. The van der Waals surface area contributed by atoms with Crippen LogP contribution in [-0.4, -0.2) is 27.0 Å². The van der Waals surface area contributed by atoms with Crippen LogP contribution in [0.15, 0.2) is 12.1 Å². The summed E-state index contributed by atoms with van der Waals surface area (Å²) in [6.45, 7) is 1.45. The number of carbonyl (C=O) groups is 2. The minimum atomic E-state index is -1.06. The highest BCUT2D eigenvalue weighted by atomic mass is 16.6. The van der Waals surface area contributed by atoms with E-state index in [4.69, 9.17) is 5.21 Å². The topological polar surface area (TPSA) is 101 Å². The monoisotopic (exact) mass is 222 g/mol. The number of aryl methyl sites for hydroxylation is 1. The molecule has 1 aliphatic heterocycles. The average Bonchev–Trinajstić information content (AvgIpc) is 2.43. The molecule has 0 aliphatic carbocycles. The van der Waals surface area contributed by atoms with Crippen LogP contribution in [0.2, 0.25) is 0 Å². The Hall–Kier alpha value is -2.28. The molecule has 1 aromatic carbocycles. The van der Waals surface area contributed by atoms with E-state index in [-0.39, 0.29) is 21.8 Å². The molecule has 1 N–H and O–H groups in total. The molecule has 0 unspecified atom stereocenters. The maximum Gasteiger partial charge on any atom is 0.292 e. The number of benzene rings is 1. The van der Waals surface area contributed by atoms with Gasteiger partial charge in [-0.05, 0) is 13.0 Å². The molecule has 2 rings (SSSR count). The van der Waals surface area contributed by atoms with E-state index in [1.807, 2.05) is 0 Å². The minimum absolute atomic E-state index is 0.114. The molecule has 0 fully saturated rings. The molecule has 0 spiro atoms. The number of carbonyl (C=O) groups excluding carboxylic acids is 2. The van der Waals surface area contributed by atoms with Gasteiger partial charge in [0, 0.05) is 5.56 Å². The Morgan fingerprint density at radius 3 is 2.50 bits per heavy atom. The van der Waals surface area contributed by atoms with Gasteiger partial charge in [-0.25, -0.2) is 0 Å². The second kappa shape index (κ2) is 3.11. The molecular formula is C9H6N2O5. The Morgan fingerprint density at radius 2 is 1.94 bits per heavy atom. The smallest absolute Gasteiger partial charge is 0.278 e. The fourth-order valence-electron chi connectivity index (χ4n) is 1.64. The number of fused-ring (bicyclic) bond motifs is 1. The summed E-state index contributed by atoms with van der Waals surface area (Å²) in [5, 5.41) is 19.8. The molecule has 7 nitrogen and oxygen atoms in total. The number of imide groups is 1. The third-order valence-corrected chi connectivity index (χ3v) is 2.39. The molecule has 1 aliphatic rings. The number of nitrogens with zero attached hydrogens (tertiary/aromatic N) is 2. The van der Waals surface area contributed by atoms with Crippen molar-refractivity contribution < 1.29 is 19.7 Å². The van der Waals surface area contributed by atoms with Gasteiger partial charge in [0.05, 0.1) is 10.5 Å². The van der Waals surface area contributed by atoms with Crippen molar-refractivity contribution in [2.75, 3.05) is 0 Å². The van der Waals surface area contributed by atoms with Crippen molar-refractivity contribution in [1.82, 2.24) is 5.06 Å². The first-order valence-electron chi connectivity index (χ1n) is 4.30. The molecule has 16 heavy (non-hydrogen) atoms. The molecule has 82 valence electrons. The molecule has 0 bridgehead atoms. The summed E-state index contributed by atoms with van der Waals surface area (Å²) in [5.74, 6) is -2.00. The molecule has 0 saturated carbocycles. The molecule has 2 amide bonds. The van der Waals surface area contributed by atoms with Crippen LogP contribution in [0, 0.1) is 17.0 Å². The molecule has 0 saturated heterocycles. The van der Waals surface area contributed by atoms with Gasteiger partial charge < -0.3 is 0 Å². The van der Waals surface area contributed by atoms with Crippen LogP contribution in [0.4, 0.5) is 5.69 Å². The number of hydrogen-bond donors (Lipinski definition) is 1. The van der Waals surface area contributed by atoms with Crippen molar-refractivity contribution >= 4 is 17.5 Å². The zero-order valence-electron chi connectivity index (χ0n) is 8.13. The average molecular weight is 222 g/mol. The van der Waals surface area contributed by atoms with Gasteiger partial charge in [-0.2, -0.15) is 0 Å². The lowest BCUT2D eigenvalue weighted by molar-refractivity contribution is -0.385. The van der Waals surface area contributed by atoms with Gasteiger partial charge in [-0.15, -0.1) is 5.06 Å². The van der Waals surface area contributed by atoms with Crippen LogP contribution in [0.3, 0.4) is 0 Å². The van der Waals surface area contributed by atoms with Crippen molar-refractivity contribution in [2.24, 2.45) is 0 Å². The minimum Gasteiger partial charge on any atom is -0.278 e. The summed E-state index contributed by atoms with van der Waals surface area (Å²) in [6.07, 6.45) is 0. The second-order valence-electron chi connectivity index (χ2n) is 3.33. The van der Waals surface area contributed by atoms with E-state index in [0.717, 1.165) is 0 Å². The molecule has 7 heteroatoms. The highest BCUT2D eigenvalue weighted by Crippen LogP contribution is 2.32. The van der Waals surface area contributed by atoms with Crippen LogP contribution in [0.1, 0.15) is 26.3 Å². The number of amides is 2. The number of hydrogen-bond acceptors (Lipinski definition) is 5. The highest BCUT2D eigenvalue weighted by molar-refractivity contribution is 6.22. The van der Waals surface area contributed by atoms with Crippen molar-refractivity contribution in [2.45, 2.75) is 6.92 Å². The van der Waals surface area contributed by atoms with Gasteiger partial charge in [0.1, 0.15) is 5.56 Å². The molecule has 1 heterocycles. The van der Waals surface area contributed by atoms with Crippen LogP contribution >= 0.6 is 0 Å². The summed E-state index contributed by atoms with van der Waals surface area (Å²) in [5.41, 5.74) is -0.671. The molecule has 0 radical (unpaired) electrons. The lowest BCUT2D eigenvalue weighted by Gasteiger charge is -2.01. The Balaban J connectivity index is 2.81. The van der Waals surface area contributed by atoms with Gasteiger partial charge >= 0.3 is 0 Å². The number of nitro groups is 1. The fraction of sp³-hybridized carbons (Fsp3) is 0.111. The number of nitro benzene ring substituents is 1. The molecule has 0 aromatic heterocycles. The first-order chi connectivity index (χ1) is 7.45. The second-order valence-corrected chi connectivity index (χ2v) is 3.33. The van der Waals surface area contributed by atoms with E-state index in [2.05, 4.69) is 0 Å². The Labute approximate surface area is 89.0 Å². The van der Waals surface area contributed by atoms with Crippen LogP contribution in [0.5, 0.6) is 0 Å². The van der Waals surface area contributed by atoms with Gasteiger partial charge in [0.2, 0.25) is 0 Å². The van der Waals surface area contributed by atoms with Crippen molar-refractivity contribution in [3.8, 4) is 0 Å². The van der Waals surface area contributed by atoms with Crippen LogP contribution in [-0.2, 0) is 0 Å². The zero-order chi connectivity index (χ0) is 12.0. The summed E-state index contributed by atoms with van der Waals surface area (Å²) in [4.78, 5) is 32.8. The number of rotatable bonds is 1. The highest BCUT2D eigenvalue weighted by Gasteiger charge is 2.41. The Morgan fingerprint density at radius 1 is 1.31 bits per heavy atom. The zero-order valence-corrected chi connectivity index (χ0v) is 8.13.